The molecule has 4 amide bonds. The van der Waals surface area contributed by atoms with Gasteiger partial charge in [0.1, 0.15) is 5.54 Å². The van der Waals surface area contributed by atoms with E-state index in [-0.39, 0.29) is 38.5 Å². The molecule has 2 saturated heterocycles. The Hall–Kier alpha value is -4.42. The zero-order chi connectivity index (χ0) is 29.6. The molecule has 3 aromatic rings. The number of carbonyl (C=O) groups excluding carboxylic acids is 3. The van der Waals surface area contributed by atoms with Crippen LogP contribution in [0.3, 0.4) is 0 Å². The Kier molecular flexibility index (Phi) is 7.00. The van der Waals surface area contributed by atoms with Crippen molar-refractivity contribution in [2.24, 2.45) is 0 Å². The number of hydrogen-bond donors (Lipinski definition) is 0. The number of para-hydroxylation sites is 1. The number of nitrogens with zero attached hydrogens (tertiary/aromatic N) is 4. The summed E-state index contributed by atoms with van der Waals surface area (Å²) >= 11 is 0. The van der Waals surface area contributed by atoms with Crippen LogP contribution in [0.5, 0.6) is 0 Å². The summed E-state index contributed by atoms with van der Waals surface area (Å²) in [6.45, 7) is -0.414. The Morgan fingerprint density at radius 3 is 2.00 bits per heavy atom. The maximum atomic E-state index is 13.8. The minimum Gasteiger partial charge on any atom is -0.338 e. The SMILES string of the molecule is O=C(c1cc(C(F)(F)F)cc(C(F)(F)F)c1)N1CCC2(CC1)C(=O)N(Cc1cccnc1)C(=O)N2c1ccccc1. The molecule has 0 aliphatic carbocycles. The monoisotopic (exact) mass is 576 g/mol. The Morgan fingerprint density at radius 1 is 0.854 bits per heavy atom. The smallest absolute Gasteiger partial charge is 0.338 e. The molecule has 0 saturated carbocycles. The van der Waals surface area contributed by atoms with E-state index in [0.717, 1.165) is 9.80 Å². The predicted octanol–water partition coefficient (Wildman–Crippen LogP) is 5.76. The molecule has 7 nitrogen and oxygen atoms in total. The molecule has 0 bridgehead atoms. The summed E-state index contributed by atoms with van der Waals surface area (Å²) < 4.78 is 80.1. The number of rotatable bonds is 4. The van der Waals surface area contributed by atoms with Crippen molar-refractivity contribution in [3.63, 3.8) is 0 Å². The second-order valence-corrected chi connectivity index (χ2v) is 9.82. The van der Waals surface area contributed by atoms with Crippen molar-refractivity contribution in [1.82, 2.24) is 14.8 Å². The molecule has 214 valence electrons. The van der Waals surface area contributed by atoms with Crippen LogP contribution in [-0.4, -0.2) is 51.3 Å². The molecular weight excluding hydrogens is 554 g/mol. The number of carbonyl (C=O) groups is 3. The molecule has 2 aliphatic heterocycles. The van der Waals surface area contributed by atoms with Gasteiger partial charge in [0.25, 0.3) is 11.8 Å². The van der Waals surface area contributed by atoms with Gasteiger partial charge in [0, 0.05) is 36.7 Å². The fourth-order valence-electron chi connectivity index (χ4n) is 5.26. The minimum atomic E-state index is -5.10. The van der Waals surface area contributed by atoms with Crippen molar-refractivity contribution in [3.8, 4) is 0 Å². The maximum Gasteiger partial charge on any atom is 0.416 e. The number of piperidine rings is 1. The highest BCUT2D eigenvalue weighted by atomic mass is 19.4. The first-order chi connectivity index (χ1) is 19.3. The Bertz CT molecular complexity index is 1440. The third-order valence-corrected chi connectivity index (χ3v) is 7.28. The zero-order valence-electron chi connectivity index (χ0n) is 21.2. The van der Waals surface area contributed by atoms with E-state index in [4.69, 9.17) is 0 Å². The van der Waals surface area contributed by atoms with Crippen molar-refractivity contribution < 1.29 is 40.7 Å². The number of hydrogen-bond acceptors (Lipinski definition) is 4. The van der Waals surface area contributed by atoms with E-state index in [1.807, 2.05) is 0 Å². The summed E-state index contributed by atoms with van der Waals surface area (Å²) in [6, 6.07) is 11.9. The molecule has 0 unspecified atom stereocenters. The van der Waals surface area contributed by atoms with Crippen LogP contribution in [0.2, 0.25) is 0 Å². The van der Waals surface area contributed by atoms with Crippen molar-refractivity contribution in [1.29, 1.82) is 0 Å². The first-order valence-corrected chi connectivity index (χ1v) is 12.5. The summed E-state index contributed by atoms with van der Waals surface area (Å²) in [4.78, 5) is 48.2. The summed E-state index contributed by atoms with van der Waals surface area (Å²) in [6.07, 6.45) is -7.30. The molecule has 13 heteroatoms. The zero-order valence-corrected chi connectivity index (χ0v) is 21.2. The van der Waals surface area contributed by atoms with E-state index in [9.17, 15) is 40.7 Å². The lowest BCUT2D eigenvalue weighted by atomic mass is 9.85. The van der Waals surface area contributed by atoms with Crippen molar-refractivity contribution in [3.05, 3.63) is 95.3 Å². The fraction of sp³-hybridized carbons (Fsp3) is 0.286. The topological polar surface area (TPSA) is 73.8 Å². The third-order valence-electron chi connectivity index (χ3n) is 7.28. The van der Waals surface area contributed by atoms with Crippen molar-refractivity contribution in [2.75, 3.05) is 18.0 Å². The second kappa shape index (κ2) is 10.2. The number of likely N-dealkylation sites (tertiary alicyclic amines) is 1. The Balaban J connectivity index is 1.44. The standard InChI is InChI=1S/C28H22F6N4O3/c29-27(30,31)20-13-19(14-21(15-20)28(32,33)34)23(39)36-11-8-26(9-12-36)24(40)37(17-18-5-4-10-35-16-18)25(41)38(26)22-6-2-1-3-7-22/h1-7,10,13-16H,8-9,11-12,17H2. The molecule has 5 rings (SSSR count). The van der Waals surface area contributed by atoms with Crippen LogP contribution in [0.4, 0.5) is 36.8 Å². The molecule has 2 aliphatic rings. The van der Waals surface area contributed by atoms with E-state index in [0.29, 0.717) is 23.4 Å². The van der Waals surface area contributed by atoms with E-state index < -0.39 is 52.4 Å². The molecule has 1 aromatic heterocycles. The van der Waals surface area contributed by atoms with Gasteiger partial charge in [0.15, 0.2) is 0 Å². The second-order valence-electron chi connectivity index (χ2n) is 9.82. The summed E-state index contributed by atoms with van der Waals surface area (Å²) in [5.41, 5.74) is -4.31. The van der Waals surface area contributed by atoms with Crippen LogP contribution in [0.15, 0.2) is 73.1 Å². The van der Waals surface area contributed by atoms with Crippen LogP contribution in [-0.2, 0) is 23.7 Å². The highest BCUT2D eigenvalue weighted by molar-refractivity contribution is 6.17. The third kappa shape index (κ3) is 5.23. The Labute approximate surface area is 230 Å². The average molecular weight is 576 g/mol. The maximum absolute atomic E-state index is 13.8. The molecule has 1 spiro atoms. The number of urea groups is 1. The van der Waals surface area contributed by atoms with Gasteiger partial charge < -0.3 is 4.90 Å². The number of amides is 4. The number of imide groups is 1. The van der Waals surface area contributed by atoms with Crippen LogP contribution in [0.25, 0.3) is 0 Å². The Morgan fingerprint density at radius 2 is 1.46 bits per heavy atom. The highest BCUT2D eigenvalue weighted by Gasteiger charge is 2.59. The van der Waals surface area contributed by atoms with Gasteiger partial charge in [-0.05, 0) is 54.8 Å². The number of anilines is 1. The summed E-state index contributed by atoms with van der Waals surface area (Å²) in [5, 5.41) is 0. The molecular formula is C28H22F6N4O3. The van der Waals surface area contributed by atoms with Crippen LogP contribution < -0.4 is 4.90 Å². The van der Waals surface area contributed by atoms with Gasteiger partial charge in [-0.1, -0.05) is 24.3 Å². The van der Waals surface area contributed by atoms with Crippen molar-refractivity contribution >= 4 is 23.5 Å². The molecule has 2 aromatic carbocycles. The number of pyridine rings is 1. The first kappa shape index (κ1) is 28.1. The normalized spacial score (nSPS) is 17.5. The molecule has 41 heavy (non-hydrogen) atoms. The first-order valence-electron chi connectivity index (χ1n) is 12.5. The van der Waals surface area contributed by atoms with E-state index in [1.54, 1.807) is 48.7 Å². The number of aromatic nitrogens is 1. The molecule has 0 N–H and O–H groups in total. The molecule has 0 atom stereocenters. The van der Waals surface area contributed by atoms with Crippen molar-refractivity contribution in [2.45, 2.75) is 37.3 Å². The van der Waals surface area contributed by atoms with E-state index >= 15 is 0 Å². The van der Waals surface area contributed by atoms with Gasteiger partial charge in [-0.3, -0.25) is 24.4 Å². The van der Waals surface area contributed by atoms with Gasteiger partial charge >= 0.3 is 18.4 Å². The van der Waals surface area contributed by atoms with E-state index in [2.05, 4.69) is 4.98 Å². The molecule has 0 radical (unpaired) electrons. The molecule has 3 heterocycles. The summed E-state index contributed by atoms with van der Waals surface area (Å²) in [7, 11) is 0. The number of halogens is 6. The van der Waals surface area contributed by atoms with Crippen LogP contribution in [0, 0.1) is 0 Å². The largest absolute Gasteiger partial charge is 0.416 e. The van der Waals surface area contributed by atoms with E-state index in [1.165, 1.54) is 11.1 Å². The van der Waals surface area contributed by atoms with Gasteiger partial charge in [-0.25, -0.2) is 4.79 Å². The van der Waals surface area contributed by atoms with Crippen LogP contribution in [0.1, 0.15) is 39.9 Å². The molecule has 2 fully saturated rings. The number of alkyl halides is 6. The summed E-state index contributed by atoms with van der Waals surface area (Å²) in [5.74, 6) is -1.55. The van der Waals surface area contributed by atoms with Gasteiger partial charge in [0.05, 0.1) is 17.7 Å². The van der Waals surface area contributed by atoms with Gasteiger partial charge in [-0.15, -0.1) is 0 Å². The number of benzene rings is 2. The van der Waals surface area contributed by atoms with Crippen LogP contribution >= 0.6 is 0 Å². The van der Waals surface area contributed by atoms with Gasteiger partial charge in [0.2, 0.25) is 0 Å². The predicted molar refractivity (Wildman–Crippen MR) is 133 cm³/mol. The quantitative estimate of drug-likeness (QED) is 0.292. The highest BCUT2D eigenvalue weighted by Crippen LogP contribution is 2.42. The lowest BCUT2D eigenvalue weighted by Crippen LogP contribution is -2.57. The average Bonchev–Trinajstić information content (AvgIpc) is 3.14. The lowest BCUT2D eigenvalue weighted by molar-refractivity contribution is -0.143. The van der Waals surface area contributed by atoms with Gasteiger partial charge in [-0.2, -0.15) is 26.3 Å². The lowest BCUT2D eigenvalue weighted by Gasteiger charge is -2.42. The minimum absolute atomic E-state index is 0.0423. The fourth-order valence-corrected chi connectivity index (χ4v) is 5.26.